The molecule has 1 unspecified atom stereocenters. The zero-order chi connectivity index (χ0) is 14.5. The predicted molar refractivity (Wildman–Crippen MR) is 78.9 cm³/mol. The Hall–Kier alpha value is -2.47. The number of nitrogens with two attached hydrogens (primary N) is 1. The van der Waals surface area contributed by atoms with Crippen molar-refractivity contribution in [2.45, 2.75) is 12.5 Å². The minimum absolute atomic E-state index is 0.0800. The smallest absolute Gasteiger partial charge is 0.166 e. The van der Waals surface area contributed by atoms with Gasteiger partial charge >= 0.3 is 0 Å². The largest absolute Gasteiger partial charge is 0.489 e. The van der Waals surface area contributed by atoms with Crippen LogP contribution in [0.25, 0.3) is 11.1 Å². The van der Waals surface area contributed by atoms with Gasteiger partial charge in [0.25, 0.3) is 0 Å². The Bertz CT molecular complexity index is 631. The molecule has 0 amide bonds. The van der Waals surface area contributed by atoms with Gasteiger partial charge < -0.3 is 15.3 Å². The first-order valence-corrected chi connectivity index (χ1v) is 6.75. The average molecular weight is 284 g/mol. The normalized spacial score (nSPS) is 17.2. The number of benzene rings is 1. The molecule has 6 heteroatoms. The first kappa shape index (κ1) is 13.5. The summed E-state index contributed by atoms with van der Waals surface area (Å²) >= 11 is 0. The fraction of sp³-hybridized carbons (Fsp3) is 0.267. The third kappa shape index (κ3) is 3.17. The molecule has 0 saturated heterocycles. The molecule has 0 radical (unpaired) electrons. The molecule has 1 atom stereocenters. The van der Waals surface area contributed by atoms with Gasteiger partial charge in [-0.15, -0.1) is 0 Å². The van der Waals surface area contributed by atoms with Crippen LogP contribution in [0.2, 0.25) is 0 Å². The Morgan fingerprint density at radius 3 is 2.81 bits per heavy atom. The molecular weight excluding hydrogens is 268 g/mol. The Kier molecular flexibility index (Phi) is 4.07. The Labute approximate surface area is 122 Å². The highest BCUT2D eigenvalue weighted by molar-refractivity contribution is 5.87. The van der Waals surface area contributed by atoms with Crippen molar-refractivity contribution in [3.63, 3.8) is 0 Å². The second-order valence-electron chi connectivity index (χ2n) is 4.73. The Morgan fingerprint density at radius 1 is 1.24 bits per heavy atom. The summed E-state index contributed by atoms with van der Waals surface area (Å²) in [4.78, 5) is 13.4. The van der Waals surface area contributed by atoms with E-state index in [4.69, 9.17) is 15.3 Å². The summed E-state index contributed by atoms with van der Waals surface area (Å²) < 4.78 is 5.87. The maximum Gasteiger partial charge on any atom is 0.166 e. The van der Waals surface area contributed by atoms with Gasteiger partial charge in [0.05, 0.1) is 5.71 Å². The quantitative estimate of drug-likeness (QED) is 0.902. The molecule has 2 heterocycles. The standard InChI is InChI=1S/C15H16N4O2/c16-6-12-5-13(21-19-12)9-20-15-4-2-1-3-14(15)11-7-17-10-18-8-11/h1-4,7-8,10,13H,5-6,9,16H2. The van der Waals surface area contributed by atoms with Crippen LogP contribution in [0.4, 0.5) is 0 Å². The molecule has 1 aliphatic heterocycles. The van der Waals surface area contributed by atoms with E-state index in [0.29, 0.717) is 19.6 Å². The second kappa shape index (κ2) is 6.32. The number of ether oxygens (including phenoxy) is 1. The Morgan fingerprint density at radius 2 is 2.05 bits per heavy atom. The zero-order valence-electron chi connectivity index (χ0n) is 11.5. The number of nitrogens with zero attached hydrogens (tertiary/aromatic N) is 3. The number of aromatic nitrogens is 2. The van der Waals surface area contributed by atoms with E-state index in [-0.39, 0.29) is 6.10 Å². The van der Waals surface area contributed by atoms with Crippen LogP contribution in [0.1, 0.15) is 6.42 Å². The van der Waals surface area contributed by atoms with Crippen molar-refractivity contribution in [2.24, 2.45) is 10.9 Å². The molecule has 21 heavy (non-hydrogen) atoms. The molecule has 1 aliphatic rings. The van der Waals surface area contributed by atoms with Crippen LogP contribution in [-0.2, 0) is 4.84 Å². The van der Waals surface area contributed by atoms with Crippen molar-refractivity contribution in [2.75, 3.05) is 13.2 Å². The van der Waals surface area contributed by atoms with Crippen molar-refractivity contribution in [1.29, 1.82) is 0 Å². The van der Waals surface area contributed by atoms with Gasteiger partial charge in [0.15, 0.2) is 6.10 Å². The first-order valence-electron chi connectivity index (χ1n) is 6.75. The van der Waals surface area contributed by atoms with E-state index in [1.165, 1.54) is 6.33 Å². The molecule has 108 valence electrons. The molecule has 0 fully saturated rings. The van der Waals surface area contributed by atoms with Gasteiger partial charge in [-0.3, -0.25) is 0 Å². The summed E-state index contributed by atoms with van der Waals surface area (Å²) in [7, 11) is 0. The van der Waals surface area contributed by atoms with E-state index in [1.807, 2.05) is 24.3 Å². The summed E-state index contributed by atoms with van der Waals surface area (Å²) in [5, 5.41) is 3.92. The fourth-order valence-electron chi connectivity index (χ4n) is 2.15. The van der Waals surface area contributed by atoms with Crippen LogP contribution >= 0.6 is 0 Å². The molecule has 0 aliphatic carbocycles. The molecule has 0 saturated carbocycles. The minimum atomic E-state index is -0.0800. The third-order valence-electron chi connectivity index (χ3n) is 3.21. The van der Waals surface area contributed by atoms with Crippen molar-refractivity contribution >= 4 is 5.71 Å². The predicted octanol–water partition coefficient (Wildman–Crippen LogP) is 1.63. The summed E-state index contributed by atoms with van der Waals surface area (Å²) in [6.07, 6.45) is 5.66. The van der Waals surface area contributed by atoms with E-state index in [0.717, 1.165) is 22.6 Å². The summed E-state index contributed by atoms with van der Waals surface area (Å²) in [5.74, 6) is 0.775. The zero-order valence-corrected chi connectivity index (χ0v) is 11.5. The lowest BCUT2D eigenvalue weighted by Gasteiger charge is -2.13. The number of hydrogen-bond donors (Lipinski definition) is 1. The number of para-hydroxylation sites is 1. The van der Waals surface area contributed by atoms with Crippen molar-refractivity contribution < 1.29 is 9.57 Å². The van der Waals surface area contributed by atoms with Crippen LogP contribution in [0.5, 0.6) is 5.75 Å². The van der Waals surface area contributed by atoms with Crippen molar-refractivity contribution in [3.8, 4) is 16.9 Å². The van der Waals surface area contributed by atoms with Crippen molar-refractivity contribution in [1.82, 2.24) is 9.97 Å². The van der Waals surface area contributed by atoms with Gasteiger partial charge in [0, 0.05) is 36.5 Å². The lowest BCUT2D eigenvalue weighted by molar-refractivity contribution is 0.0472. The molecule has 2 aromatic rings. The van der Waals surface area contributed by atoms with E-state index in [9.17, 15) is 0 Å². The molecular formula is C15H16N4O2. The summed E-state index contributed by atoms with van der Waals surface area (Å²) in [6.45, 7) is 0.853. The van der Waals surface area contributed by atoms with Gasteiger partial charge in [-0.25, -0.2) is 9.97 Å². The summed E-state index contributed by atoms with van der Waals surface area (Å²) in [6, 6.07) is 7.78. The lowest BCUT2D eigenvalue weighted by atomic mass is 10.1. The Balaban J connectivity index is 1.69. The first-order chi connectivity index (χ1) is 10.4. The monoisotopic (exact) mass is 284 g/mol. The molecule has 6 nitrogen and oxygen atoms in total. The molecule has 1 aromatic carbocycles. The van der Waals surface area contributed by atoms with E-state index in [1.54, 1.807) is 12.4 Å². The van der Waals surface area contributed by atoms with Crippen LogP contribution in [-0.4, -0.2) is 34.9 Å². The third-order valence-corrected chi connectivity index (χ3v) is 3.21. The molecule has 0 bridgehead atoms. The van der Waals surface area contributed by atoms with Gasteiger partial charge in [0.1, 0.15) is 18.7 Å². The number of rotatable bonds is 5. The highest BCUT2D eigenvalue weighted by Crippen LogP contribution is 2.29. The van der Waals surface area contributed by atoms with E-state index < -0.39 is 0 Å². The number of hydrogen-bond acceptors (Lipinski definition) is 6. The van der Waals surface area contributed by atoms with Crippen LogP contribution < -0.4 is 10.5 Å². The maximum atomic E-state index is 5.87. The van der Waals surface area contributed by atoms with Gasteiger partial charge in [-0.05, 0) is 6.07 Å². The van der Waals surface area contributed by atoms with Crippen LogP contribution in [0, 0.1) is 0 Å². The summed E-state index contributed by atoms with van der Waals surface area (Å²) in [5.41, 5.74) is 8.28. The minimum Gasteiger partial charge on any atom is -0.489 e. The highest BCUT2D eigenvalue weighted by atomic mass is 16.7. The van der Waals surface area contributed by atoms with Gasteiger partial charge in [0.2, 0.25) is 0 Å². The fourth-order valence-corrected chi connectivity index (χ4v) is 2.15. The van der Waals surface area contributed by atoms with E-state index >= 15 is 0 Å². The second-order valence-corrected chi connectivity index (χ2v) is 4.73. The topological polar surface area (TPSA) is 82.6 Å². The average Bonchev–Trinajstić information content (AvgIpc) is 3.02. The van der Waals surface area contributed by atoms with Crippen LogP contribution in [0.3, 0.4) is 0 Å². The van der Waals surface area contributed by atoms with Gasteiger partial charge in [-0.1, -0.05) is 23.4 Å². The van der Waals surface area contributed by atoms with Gasteiger partial charge in [-0.2, -0.15) is 0 Å². The van der Waals surface area contributed by atoms with Crippen molar-refractivity contribution in [3.05, 3.63) is 43.0 Å². The molecule has 2 N–H and O–H groups in total. The highest BCUT2D eigenvalue weighted by Gasteiger charge is 2.21. The lowest BCUT2D eigenvalue weighted by Crippen LogP contribution is -2.20. The molecule has 1 aromatic heterocycles. The molecule has 3 rings (SSSR count). The SMILES string of the molecule is NCC1=NOC(COc2ccccc2-c2cncnc2)C1. The molecule has 0 spiro atoms. The van der Waals surface area contributed by atoms with E-state index in [2.05, 4.69) is 15.1 Å². The maximum absolute atomic E-state index is 5.87. The number of oxime groups is 1. The van der Waals surface area contributed by atoms with Crippen LogP contribution in [0.15, 0.2) is 48.1 Å².